The van der Waals surface area contributed by atoms with Gasteiger partial charge in [0.25, 0.3) is 0 Å². The Kier molecular flexibility index (Phi) is 3.96. The normalized spacial score (nSPS) is 11.7. The first-order valence-corrected chi connectivity index (χ1v) is 8.08. The Balaban J connectivity index is 2.21. The lowest BCUT2D eigenvalue weighted by molar-refractivity contribution is 0.594. The molecule has 102 valence electrons. The number of nitrogens with zero attached hydrogens (tertiary/aromatic N) is 2. The van der Waals surface area contributed by atoms with E-state index < -0.39 is 9.84 Å². The number of nitrogen functional groups attached to an aromatic ring is 1. The SMILES string of the molecule is Cn1ccnc1CCS(=O)(=O)c1ccc(Br)cc1N. The summed E-state index contributed by atoms with van der Waals surface area (Å²) in [4.78, 5) is 4.28. The Hall–Kier alpha value is -1.34. The second kappa shape index (κ2) is 5.34. The number of halogens is 1. The molecule has 0 atom stereocenters. The van der Waals surface area contributed by atoms with Crippen molar-refractivity contribution in [3.8, 4) is 0 Å². The minimum absolute atomic E-state index is 0.0102. The third kappa shape index (κ3) is 3.16. The molecule has 0 bridgehead atoms. The molecular weight excluding hydrogens is 330 g/mol. The molecule has 0 fully saturated rings. The van der Waals surface area contributed by atoms with Crippen LogP contribution in [0.4, 0.5) is 5.69 Å². The summed E-state index contributed by atoms with van der Waals surface area (Å²) < 4.78 is 27.0. The maximum Gasteiger partial charge on any atom is 0.180 e. The van der Waals surface area contributed by atoms with Gasteiger partial charge in [-0.3, -0.25) is 0 Å². The highest BCUT2D eigenvalue weighted by atomic mass is 79.9. The van der Waals surface area contributed by atoms with Crippen LogP contribution >= 0.6 is 15.9 Å². The summed E-state index contributed by atoms with van der Waals surface area (Å²) in [5.41, 5.74) is 6.01. The summed E-state index contributed by atoms with van der Waals surface area (Å²) in [6.45, 7) is 0. The molecule has 0 unspecified atom stereocenters. The van der Waals surface area contributed by atoms with Gasteiger partial charge in [0.1, 0.15) is 5.82 Å². The number of imidazole rings is 1. The van der Waals surface area contributed by atoms with E-state index in [1.165, 1.54) is 6.07 Å². The quantitative estimate of drug-likeness (QED) is 0.858. The van der Waals surface area contributed by atoms with Crippen LogP contribution in [0.1, 0.15) is 5.82 Å². The van der Waals surface area contributed by atoms with Gasteiger partial charge in [0, 0.05) is 30.3 Å². The van der Waals surface area contributed by atoms with Gasteiger partial charge in [-0.25, -0.2) is 13.4 Å². The van der Waals surface area contributed by atoms with Crippen molar-refractivity contribution in [2.45, 2.75) is 11.3 Å². The van der Waals surface area contributed by atoms with Gasteiger partial charge in [-0.2, -0.15) is 0 Å². The summed E-state index contributed by atoms with van der Waals surface area (Å²) in [5.74, 6) is 0.725. The number of benzene rings is 1. The highest BCUT2D eigenvalue weighted by Crippen LogP contribution is 2.24. The van der Waals surface area contributed by atoms with Crippen molar-refractivity contribution in [1.29, 1.82) is 0 Å². The number of aromatic nitrogens is 2. The lowest BCUT2D eigenvalue weighted by atomic mass is 10.3. The zero-order chi connectivity index (χ0) is 14.0. The van der Waals surface area contributed by atoms with Crippen molar-refractivity contribution in [1.82, 2.24) is 9.55 Å². The molecule has 0 amide bonds. The fourth-order valence-electron chi connectivity index (χ4n) is 1.78. The molecule has 19 heavy (non-hydrogen) atoms. The first-order chi connectivity index (χ1) is 8.90. The van der Waals surface area contributed by atoms with E-state index in [1.807, 2.05) is 7.05 Å². The summed E-state index contributed by atoms with van der Waals surface area (Å²) >= 11 is 3.25. The molecule has 2 N–H and O–H groups in total. The molecule has 7 heteroatoms. The predicted octanol–water partition coefficient (Wildman–Crippen LogP) is 1.78. The van der Waals surface area contributed by atoms with Crippen LogP contribution in [0.2, 0.25) is 0 Å². The van der Waals surface area contributed by atoms with E-state index in [-0.39, 0.29) is 16.3 Å². The van der Waals surface area contributed by atoms with Gasteiger partial charge in [0.2, 0.25) is 0 Å². The number of aryl methyl sites for hydroxylation is 2. The zero-order valence-electron chi connectivity index (χ0n) is 10.4. The number of sulfone groups is 1. The molecule has 2 rings (SSSR count). The number of hydrogen-bond donors (Lipinski definition) is 1. The van der Waals surface area contributed by atoms with Crippen molar-refractivity contribution < 1.29 is 8.42 Å². The van der Waals surface area contributed by atoms with Crippen LogP contribution in [0.3, 0.4) is 0 Å². The van der Waals surface area contributed by atoms with E-state index in [2.05, 4.69) is 20.9 Å². The molecule has 1 aromatic heterocycles. The monoisotopic (exact) mass is 343 g/mol. The topological polar surface area (TPSA) is 78.0 Å². The van der Waals surface area contributed by atoms with E-state index in [4.69, 9.17) is 5.73 Å². The first-order valence-electron chi connectivity index (χ1n) is 5.64. The molecule has 5 nitrogen and oxygen atoms in total. The van der Waals surface area contributed by atoms with E-state index in [0.29, 0.717) is 6.42 Å². The highest BCUT2D eigenvalue weighted by Gasteiger charge is 2.18. The van der Waals surface area contributed by atoms with Gasteiger partial charge in [-0.1, -0.05) is 15.9 Å². The molecule has 0 aliphatic rings. The minimum atomic E-state index is -3.40. The van der Waals surface area contributed by atoms with Crippen molar-refractivity contribution in [3.05, 3.63) is 40.9 Å². The lowest BCUT2D eigenvalue weighted by Crippen LogP contribution is -2.13. The molecular formula is C12H14BrN3O2S. The smallest absolute Gasteiger partial charge is 0.180 e. The molecule has 0 saturated heterocycles. The van der Waals surface area contributed by atoms with E-state index in [0.717, 1.165) is 10.3 Å². The average Bonchev–Trinajstić information content (AvgIpc) is 2.72. The summed E-state index contributed by atoms with van der Waals surface area (Å²) in [7, 11) is -1.56. The molecule has 0 aliphatic carbocycles. The third-order valence-electron chi connectivity index (χ3n) is 2.82. The molecule has 0 spiro atoms. The fourth-order valence-corrected chi connectivity index (χ4v) is 3.52. The maximum atomic E-state index is 12.2. The van der Waals surface area contributed by atoms with Crippen LogP contribution in [0.5, 0.6) is 0 Å². The molecule has 0 saturated carbocycles. The van der Waals surface area contributed by atoms with Gasteiger partial charge in [0.05, 0.1) is 16.3 Å². The average molecular weight is 344 g/mol. The fraction of sp³-hybridized carbons (Fsp3) is 0.250. The van der Waals surface area contributed by atoms with Gasteiger partial charge >= 0.3 is 0 Å². The first kappa shape index (κ1) is 14.1. The van der Waals surface area contributed by atoms with Crippen molar-refractivity contribution in [3.63, 3.8) is 0 Å². The maximum absolute atomic E-state index is 12.2. The molecule has 0 aliphatic heterocycles. The van der Waals surface area contributed by atoms with Crippen LogP contribution in [0.15, 0.2) is 40.0 Å². The standard InChI is InChI=1S/C12H14BrN3O2S/c1-16-6-5-15-12(16)4-7-19(17,18)11-3-2-9(13)8-10(11)14/h2-3,5-6,8H,4,7,14H2,1H3. The summed E-state index contributed by atoms with van der Waals surface area (Å²) in [6.07, 6.45) is 3.80. The van der Waals surface area contributed by atoms with E-state index in [1.54, 1.807) is 29.1 Å². The molecule has 2 aromatic rings. The second-order valence-electron chi connectivity index (χ2n) is 4.21. The van der Waals surface area contributed by atoms with Gasteiger partial charge in [0.15, 0.2) is 9.84 Å². The van der Waals surface area contributed by atoms with Crippen LogP contribution in [-0.2, 0) is 23.3 Å². The number of hydrogen-bond acceptors (Lipinski definition) is 4. The van der Waals surface area contributed by atoms with Crippen LogP contribution < -0.4 is 5.73 Å². The lowest BCUT2D eigenvalue weighted by Gasteiger charge is -2.08. The molecule has 0 radical (unpaired) electrons. The van der Waals surface area contributed by atoms with Gasteiger partial charge in [-0.15, -0.1) is 0 Å². The molecule has 1 heterocycles. The van der Waals surface area contributed by atoms with Gasteiger partial charge < -0.3 is 10.3 Å². The summed E-state index contributed by atoms with van der Waals surface area (Å²) in [6, 6.07) is 4.78. The second-order valence-corrected chi connectivity index (χ2v) is 7.20. The van der Waals surface area contributed by atoms with Gasteiger partial charge in [-0.05, 0) is 18.2 Å². The highest BCUT2D eigenvalue weighted by molar-refractivity contribution is 9.10. The predicted molar refractivity (Wildman–Crippen MR) is 77.5 cm³/mol. The Morgan fingerprint density at radius 1 is 1.42 bits per heavy atom. The Bertz CT molecular complexity index is 695. The summed E-state index contributed by atoms with van der Waals surface area (Å²) in [5, 5.41) is 0. The van der Waals surface area contributed by atoms with Crippen LogP contribution in [0, 0.1) is 0 Å². The zero-order valence-corrected chi connectivity index (χ0v) is 12.8. The van der Waals surface area contributed by atoms with Crippen LogP contribution in [0.25, 0.3) is 0 Å². The van der Waals surface area contributed by atoms with Crippen molar-refractivity contribution >= 4 is 31.5 Å². The van der Waals surface area contributed by atoms with E-state index in [9.17, 15) is 8.42 Å². The largest absolute Gasteiger partial charge is 0.398 e. The minimum Gasteiger partial charge on any atom is -0.398 e. The molecule has 1 aromatic carbocycles. The Morgan fingerprint density at radius 2 is 2.16 bits per heavy atom. The number of nitrogens with two attached hydrogens (primary N) is 1. The van der Waals surface area contributed by atoms with Crippen molar-refractivity contribution in [2.24, 2.45) is 7.05 Å². The number of anilines is 1. The van der Waals surface area contributed by atoms with Crippen molar-refractivity contribution in [2.75, 3.05) is 11.5 Å². The number of rotatable bonds is 4. The Morgan fingerprint density at radius 3 is 2.74 bits per heavy atom. The third-order valence-corrected chi connectivity index (χ3v) is 5.10. The van der Waals surface area contributed by atoms with Crippen LogP contribution in [-0.4, -0.2) is 23.7 Å². The van der Waals surface area contributed by atoms with E-state index >= 15 is 0 Å². The Labute approximate surface area is 120 Å².